The molecule has 0 aliphatic rings. The summed E-state index contributed by atoms with van der Waals surface area (Å²) >= 11 is 0. The Morgan fingerprint density at radius 3 is 2.27 bits per heavy atom. The molecular weight excluding hydrogens is 415 g/mol. The predicted molar refractivity (Wildman–Crippen MR) is 109 cm³/mol. The van der Waals surface area contributed by atoms with E-state index in [-0.39, 0.29) is 6.54 Å². The third kappa shape index (κ3) is 4.94. The molecule has 0 aromatic heterocycles. The van der Waals surface area contributed by atoms with Crippen molar-refractivity contribution in [3.05, 3.63) is 90.0 Å². The molecule has 158 valence electrons. The van der Waals surface area contributed by atoms with E-state index < -0.39 is 26.7 Å². The quantitative estimate of drug-likeness (QED) is 0.492. The van der Waals surface area contributed by atoms with Crippen molar-refractivity contribution in [2.75, 3.05) is 10.8 Å². The maximum atomic E-state index is 13.1. The zero-order chi connectivity index (χ0) is 21.8. The lowest BCUT2D eigenvalue weighted by Gasteiger charge is -2.24. The van der Waals surface area contributed by atoms with Gasteiger partial charge in [-0.25, -0.2) is 8.42 Å². The molecular formula is C22H20F3NO3S. The first-order valence-electron chi connectivity index (χ1n) is 9.18. The van der Waals surface area contributed by atoms with Crippen LogP contribution in [0.1, 0.15) is 18.1 Å². The van der Waals surface area contributed by atoms with Crippen LogP contribution >= 0.6 is 0 Å². The fourth-order valence-electron chi connectivity index (χ4n) is 2.92. The van der Waals surface area contributed by atoms with E-state index in [2.05, 4.69) is 0 Å². The Bertz CT molecular complexity index is 1100. The van der Waals surface area contributed by atoms with Crippen LogP contribution in [0, 0.1) is 0 Å². The van der Waals surface area contributed by atoms with Gasteiger partial charge in [0, 0.05) is 12.6 Å². The molecule has 3 rings (SSSR count). The first kappa shape index (κ1) is 21.7. The summed E-state index contributed by atoms with van der Waals surface area (Å²) < 4.78 is 71.9. The Balaban J connectivity index is 1.88. The maximum absolute atomic E-state index is 13.1. The monoisotopic (exact) mass is 435 g/mol. The largest absolute Gasteiger partial charge is 0.489 e. The second-order valence-electron chi connectivity index (χ2n) is 6.47. The van der Waals surface area contributed by atoms with Crippen molar-refractivity contribution in [2.24, 2.45) is 0 Å². The first-order chi connectivity index (χ1) is 14.2. The van der Waals surface area contributed by atoms with Gasteiger partial charge in [0.25, 0.3) is 10.0 Å². The second-order valence-corrected chi connectivity index (χ2v) is 8.33. The average Bonchev–Trinajstić information content (AvgIpc) is 2.73. The zero-order valence-corrected chi connectivity index (χ0v) is 17.0. The molecule has 0 aliphatic carbocycles. The molecule has 0 aliphatic heterocycles. The number of ether oxygens (including phenoxy) is 1. The summed E-state index contributed by atoms with van der Waals surface area (Å²) in [6.45, 7) is 1.96. The Kier molecular flexibility index (Phi) is 6.36. The molecule has 0 unspecified atom stereocenters. The van der Waals surface area contributed by atoms with Crippen molar-refractivity contribution in [1.29, 1.82) is 0 Å². The fourth-order valence-corrected chi connectivity index (χ4v) is 4.43. The molecule has 0 saturated carbocycles. The van der Waals surface area contributed by atoms with Gasteiger partial charge in [-0.1, -0.05) is 42.5 Å². The molecule has 0 radical (unpaired) electrons. The highest BCUT2D eigenvalue weighted by atomic mass is 32.2. The third-order valence-corrected chi connectivity index (χ3v) is 6.29. The van der Waals surface area contributed by atoms with Crippen LogP contribution in [0.5, 0.6) is 5.75 Å². The average molecular weight is 435 g/mol. The predicted octanol–water partition coefficient (Wildman–Crippen LogP) is 5.50. The Morgan fingerprint density at radius 2 is 1.60 bits per heavy atom. The number of alkyl halides is 3. The van der Waals surface area contributed by atoms with E-state index in [9.17, 15) is 21.6 Å². The minimum Gasteiger partial charge on any atom is -0.489 e. The molecule has 0 saturated heterocycles. The van der Waals surface area contributed by atoms with Gasteiger partial charge >= 0.3 is 6.18 Å². The third-order valence-electron chi connectivity index (χ3n) is 4.39. The lowest BCUT2D eigenvalue weighted by Crippen LogP contribution is -2.31. The summed E-state index contributed by atoms with van der Waals surface area (Å²) in [7, 11) is -4.19. The van der Waals surface area contributed by atoms with Crippen LogP contribution in [0.2, 0.25) is 0 Å². The summed E-state index contributed by atoms with van der Waals surface area (Å²) in [4.78, 5) is -0.421. The van der Waals surface area contributed by atoms with Crippen LogP contribution < -0.4 is 9.04 Å². The van der Waals surface area contributed by atoms with E-state index in [0.717, 1.165) is 28.1 Å². The number of anilines is 1. The number of halogens is 3. The Morgan fingerprint density at radius 1 is 0.900 bits per heavy atom. The van der Waals surface area contributed by atoms with Gasteiger partial charge in [-0.15, -0.1) is 0 Å². The highest BCUT2D eigenvalue weighted by Gasteiger charge is 2.33. The molecule has 3 aromatic rings. The highest BCUT2D eigenvalue weighted by Crippen LogP contribution is 2.32. The lowest BCUT2D eigenvalue weighted by atomic mass is 10.2. The first-order valence-corrected chi connectivity index (χ1v) is 10.6. The summed E-state index contributed by atoms with van der Waals surface area (Å²) in [6.07, 6.45) is -4.63. The van der Waals surface area contributed by atoms with Crippen molar-refractivity contribution in [1.82, 2.24) is 0 Å². The van der Waals surface area contributed by atoms with Gasteiger partial charge in [-0.2, -0.15) is 13.2 Å². The van der Waals surface area contributed by atoms with Crippen LogP contribution in [0.25, 0.3) is 0 Å². The van der Waals surface area contributed by atoms with Gasteiger partial charge in [0.15, 0.2) is 0 Å². The summed E-state index contributed by atoms with van der Waals surface area (Å²) in [5, 5.41) is 0. The van der Waals surface area contributed by atoms with Crippen LogP contribution in [0.4, 0.5) is 18.9 Å². The smallest absolute Gasteiger partial charge is 0.416 e. The minimum absolute atomic E-state index is 0.0424. The number of sulfonamides is 1. The SMILES string of the molecule is CCN(c1cccc(OCc2ccccc2)c1)S(=O)(=O)c1cccc(C(F)(F)F)c1. The number of benzene rings is 3. The number of rotatable bonds is 7. The van der Waals surface area contributed by atoms with Crippen molar-refractivity contribution < 1.29 is 26.3 Å². The van der Waals surface area contributed by atoms with E-state index >= 15 is 0 Å². The van der Waals surface area contributed by atoms with Crippen LogP contribution in [0.15, 0.2) is 83.8 Å². The number of hydrogen-bond donors (Lipinski definition) is 0. The molecule has 30 heavy (non-hydrogen) atoms. The van der Waals surface area contributed by atoms with E-state index in [1.165, 1.54) is 0 Å². The molecule has 3 aromatic carbocycles. The molecule has 0 amide bonds. The van der Waals surface area contributed by atoms with E-state index in [4.69, 9.17) is 4.74 Å². The van der Waals surface area contributed by atoms with Crippen molar-refractivity contribution in [3.8, 4) is 5.75 Å². The minimum atomic E-state index is -4.63. The fraction of sp³-hybridized carbons (Fsp3) is 0.182. The zero-order valence-electron chi connectivity index (χ0n) is 16.1. The van der Waals surface area contributed by atoms with Gasteiger partial charge in [-0.3, -0.25) is 4.31 Å². The summed E-state index contributed by atoms with van der Waals surface area (Å²) in [5.41, 5.74) is 0.242. The Hall–Kier alpha value is -3.00. The molecule has 0 bridgehead atoms. The number of hydrogen-bond acceptors (Lipinski definition) is 3. The summed E-state index contributed by atoms with van der Waals surface area (Å²) in [6, 6.07) is 19.7. The Labute approximate surface area is 173 Å². The van der Waals surface area contributed by atoms with Crippen molar-refractivity contribution in [2.45, 2.75) is 24.6 Å². The molecule has 0 fully saturated rings. The van der Waals surface area contributed by atoms with Gasteiger partial charge < -0.3 is 4.74 Å². The van der Waals surface area contributed by atoms with E-state index in [1.54, 1.807) is 31.2 Å². The molecule has 0 N–H and O–H groups in total. The number of nitrogens with zero attached hydrogens (tertiary/aromatic N) is 1. The molecule has 0 spiro atoms. The van der Waals surface area contributed by atoms with Crippen molar-refractivity contribution >= 4 is 15.7 Å². The topological polar surface area (TPSA) is 46.6 Å². The summed E-state index contributed by atoms with van der Waals surface area (Å²) in [5.74, 6) is 0.453. The molecule has 0 heterocycles. The normalized spacial score (nSPS) is 11.9. The van der Waals surface area contributed by atoms with Crippen LogP contribution in [0.3, 0.4) is 0 Å². The van der Waals surface area contributed by atoms with Crippen LogP contribution in [-0.2, 0) is 22.8 Å². The standard InChI is InChI=1S/C22H20F3NO3S/c1-2-26(30(27,28)21-13-6-10-18(14-21)22(23,24)25)19-11-7-12-20(15-19)29-16-17-8-4-3-5-9-17/h3-15H,2,16H2,1H3. The van der Waals surface area contributed by atoms with Gasteiger partial charge in [0.1, 0.15) is 12.4 Å². The van der Waals surface area contributed by atoms with Gasteiger partial charge in [0.05, 0.1) is 16.1 Å². The molecule has 8 heteroatoms. The maximum Gasteiger partial charge on any atom is 0.416 e. The highest BCUT2D eigenvalue weighted by molar-refractivity contribution is 7.92. The molecule has 0 atom stereocenters. The second kappa shape index (κ2) is 8.79. The van der Waals surface area contributed by atoms with Gasteiger partial charge in [0.2, 0.25) is 0 Å². The van der Waals surface area contributed by atoms with Crippen LogP contribution in [-0.4, -0.2) is 15.0 Å². The molecule has 4 nitrogen and oxygen atoms in total. The lowest BCUT2D eigenvalue weighted by molar-refractivity contribution is -0.137. The van der Waals surface area contributed by atoms with Gasteiger partial charge in [-0.05, 0) is 42.8 Å². The van der Waals surface area contributed by atoms with Crippen molar-refractivity contribution in [3.63, 3.8) is 0 Å². The van der Waals surface area contributed by atoms with E-state index in [1.807, 2.05) is 30.3 Å². The van der Waals surface area contributed by atoms with E-state index in [0.29, 0.717) is 24.1 Å².